The zero-order valence-electron chi connectivity index (χ0n) is 16.1. The van der Waals surface area contributed by atoms with E-state index in [4.69, 9.17) is 0 Å². The third-order valence-corrected chi connectivity index (χ3v) is 4.78. The minimum absolute atomic E-state index is 0.0444. The number of aromatic amines is 1. The molecular weight excluding hydrogens is 378 g/mol. The molecule has 1 aromatic heterocycles. The maximum absolute atomic E-state index is 11.7. The number of nitrogens with one attached hydrogen (secondary N) is 1. The summed E-state index contributed by atoms with van der Waals surface area (Å²) in [4.78, 5) is 20.6. The summed E-state index contributed by atoms with van der Waals surface area (Å²) in [5, 5.41) is 21.3. The first-order valence-corrected chi connectivity index (χ1v) is 9.21. The molecule has 4 aromatic rings. The predicted molar refractivity (Wildman–Crippen MR) is 117 cm³/mol. The summed E-state index contributed by atoms with van der Waals surface area (Å²) in [5.41, 5.74) is 3.67. The predicted octanol–water partition coefficient (Wildman–Crippen LogP) is 5.30. The Hall–Kier alpha value is -4.44. The molecule has 0 fully saturated rings. The minimum Gasteiger partial charge on any atom is -0.339 e. The van der Waals surface area contributed by atoms with Gasteiger partial charge in [0.1, 0.15) is 17.6 Å². The molecule has 0 bridgehead atoms. The molecule has 0 spiro atoms. The van der Waals surface area contributed by atoms with E-state index in [9.17, 15) is 15.4 Å². The van der Waals surface area contributed by atoms with Crippen LogP contribution in [0, 0.1) is 21.4 Å². The van der Waals surface area contributed by atoms with E-state index >= 15 is 0 Å². The first-order valence-electron chi connectivity index (χ1n) is 9.21. The Labute approximate surface area is 172 Å². The molecule has 0 aliphatic heterocycles. The summed E-state index contributed by atoms with van der Waals surface area (Å²) < 4.78 is 0. The number of hydrogen-bond acceptors (Lipinski definition) is 5. The number of rotatable bonds is 5. The van der Waals surface area contributed by atoms with Crippen LogP contribution < -0.4 is 4.90 Å². The fraction of sp³-hybridized carbons (Fsp3) is 0.0435. The van der Waals surface area contributed by atoms with Crippen molar-refractivity contribution in [3.05, 3.63) is 94.3 Å². The van der Waals surface area contributed by atoms with E-state index in [1.54, 1.807) is 30.2 Å². The van der Waals surface area contributed by atoms with Crippen molar-refractivity contribution in [2.24, 2.45) is 0 Å². The molecule has 0 unspecified atom stereocenters. The van der Waals surface area contributed by atoms with Gasteiger partial charge in [0.25, 0.3) is 5.69 Å². The summed E-state index contributed by atoms with van der Waals surface area (Å²) in [6, 6.07) is 23.9. The van der Waals surface area contributed by atoms with E-state index in [1.807, 2.05) is 54.6 Å². The van der Waals surface area contributed by atoms with Gasteiger partial charge in [-0.3, -0.25) is 10.1 Å². The molecule has 3 aromatic carbocycles. The molecule has 0 saturated carbocycles. The fourth-order valence-electron chi connectivity index (χ4n) is 3.25. The first kappa shape index (κ1) is 18.9. The second-order valence-electron chi connectivity index (χ2n) is 6.67. The van der Waals surface area contributed by atoms with Crippen LogP contribution in [0.25, 0.3) is 22.7 Å². The van der Waals surface area contributed by atoms with E-state index < -0.39 is 4.92 Å². The van der Waals surface area contributed by atoms with E-state index in [2.05, 4.69) is 16.0 Å². The van der Waals surface area contributed by atoms with Crippen molar-refractivity contribution in [1.82, 2.24) is 9.97 Å². The third kappa shape index (κ3) is 3.62. The summed E-state index contributed by atoms with van der Waals surface area (Å²) in [6.45, 7) is 0. The Balaban J connectivity index is 1.74. The van der Waals surface area contributed by atoms with Gasteiger partial charge in [0.2, 0.25) is 0 Å². The number of para-hydroxylation sites is 3. The van der Waals surface area contributed by atoms with Gasteiger partial charge in [0.15, 0.2) is 0 Å². The number of benzene rings is 3. The number of H-pyrrole nitrogens is 1. The van der Waals surface area contributed by atoms with Crippen LogP contribution in [0.15, 0.2) is 72.8 Å². The number of allylic oxidation sites excluding steroid dienone is 1. The molecule has 30 heavy (non-hydrogen) atoms. The number of nitriles is 1. The number of aromatic nitrogens is 2. The van der Waals surface area contributed by atoms with Crippen molar-refractivity contribution in [2.45, 2.75) is 0 Å². The SMILES string of the molecule is CN(c1ccccc1)c1ccc(/C=C(\C#N)c2nc3ccccc3[nH]2)cc1[N+](=O)[O-]. The van der Waals surface area contributed by atoms with Gasteiger partial charge >= 0.3 is 0 Å². The number of imidazole rings is 1. The lowest BCUT2D eigenvalue weighted by atomic mass is 10.1. The molecule has 7 heteroatoms. The molecule has 0 saturated heterocycles. The standard InChI is InChI=1S/C23H17N5O2/c1-27(18-7-3-2-4-8-18)21-12-11-16(14-22(21)28(29)30)13-17(15-24)23-25-19-9-5-6-10-20(19)26-23/h2-14H,1H3,(H,25,26)/b17-13+. The second kappa shape index (κ2) is 7.89. The van der Waals surface area contributed by atoms with Crippen LogP contribution in [0.5, 0.6) is 0 Å². The molecule has 146 valence electrons. The first-order chi connectivity index (χ1) is 14.6. The van der Waals surface area contributed by atoms with Gasteiger partial charge in [0, 0.05) is 18.8 Å². The van der Waals surface area contributed by atoms with Gasteiger partial charge in [-0.2, -0.15) is 5.26 Å². The number of nitrogens with zero attached hydrogens (tertiary/aromatic N) is 4. The highest BCUT2D eigenvalue weighted by molar-refractivity contribution is 5.91. The van der Waals surface area contributed by atoms with Gasteiger partial charge in [-0.1, -0.05) is 36.4 Å². The van der Waals surface area contributed by atoms with Crippen LogP contribution in [0.2, 0.25) is 0 Å². The van der Waals surface area contributed by atoms with Crippen LogP contribution in [-0.4, -0.2) is 21.9 Å². The minimum atomic E-state index is -0.417. The lowest BCUT2D eigenvalue weighted by molar-refractivity contribution is -0.384. The Morgan fingerprint density at radius 3 is 2.57 bits per heavy atom. The summed E-state index contributed by atoms with van der Waals surface area (Å²) in [6.07, 6.45) is 1.59. The van der Waals surface area contributed by atoms with Crippen molar-refractivity contribution >= 4 is 39.7 Å². The van der Waals surface area contributed by atoms with Gasteiger partial charge < -0.3 is 9.88 Å². The normalized spacial score (nSPS) is 11.3. The smallest absolute Gasteiger partial charge is 0.293 e. The van der Waals surface area contributed by atoms with E-state index in [0.717, 1.165) is 16.7 Å². The zero-order valence-corrected chi connectivity index (χ0v) is 16.1. The molecular formula is C23H17N5O2. The van der Waals surface area contributed by atoms with Crippen molar-refractivity contribution in [2.75, 3.05) is 11.9 Å². The Morgan fingerprint density at radius 1 is 1.13 bits per heavy atom. The number of nitro benzene ring substituents is 1. The number of hydrogen-bond donors (Lipinski definition) is 1. The third-order valence-electron chi connectivity index (χ3n) is 4.78. The van der Waals surface area contributed by atoms with Crippen molar-refractivity contribution in [1.29, 1.82) is 5.26 Å². The van der Waals surface area contributed by atoms with E-state index in [-0.39, 0.29) is 5.69 Å². The molecule has 7 nitrogen and oxygen atoms in total. The lowest BCUT2D eigenvalue weighted by Crippen LogP contribution is -2.11. The van der Waals surface area contributed by atoms with Crippen molar-refractivity contribution in [3.63, 3.8) is 0 Å². The quantitative estimate of drug-likeness (QED) is 0.281. The van der Waals surface area contributed by atoms with Crippen molar-refractivity contribution in [3.8, 4) is 6.07 Å². The van der Waals surface area contributed by atoms with Gasteiger partial charge in [-0.05, 0) is 42.0 Å². The average Bonchev–Trinajstić information content (AvgIpc) is 3.21. The topological polar surface area (TPSA) is 98.8 Å². The number of nitro groups is 1. The Bertz CT molecular complexity index is 1270. The monoisotopic (exact) mass is 395 g/mol. The lowest BCUT2D eigenvalue weighted by Gasteiger charge is -2.19. The van der Waals surface area contributed by atoms with E-state index in [0.29, 0.717) is 22.6 Å². The maximum Gasteiger partial charge on any atom is 0.293 e. The van der Waals surface area contributed by atoms with Crippen LogP contribution in [0.4, 0.5) is 17.1 Å². The Kier molecular flexibility index (Phi) is 4.97. The van der Waals surface area contributed by atoms with Crippen molar-refractivity contribution < 1.29 is 4.92 Å². The summed E-state index contributed by atoms with van der Waals surface area (Å²) in [5.74, 6) is 0.423. The molecule has 1 heterocycles. The second-order valence-corrected chi connectivity index (χ2v) is 6.67. The maximum atomic E-state index is 11.7. The van der Waals surface area contributed by atoms with Crippen LogP contribution in [0.1, 0.15) is 11.4 Å². The summed E-state index contributed by atoms with van der Waals surface area (Å²) in [7, 11) is 1.78. The van der Waals surface area contributed by atoms with Gasteiger partial charge in [-0.25, -0.2) is 4.98 Å². The number of fused-ring (bicyclic) bond motifs is 1. The molecule has 4 rings (SSSR count). The zero-order chi connectivity index (χ0) is 21.1. The van der Waals surface area contributed by atoms with Gasteiger partial charge in [0.05, 0.1) is 21.5 Å². The van der Waals surface area contributed by atoms with Crippen LogP contribution in [0.3, 0.4) is 0 Å². The highest BCUT2D eigenvalue weighted by atomic mass is 16.6. The highest BCUT2D eigenvalue weighted by Gasteiger charge is 2.19. The average molecular weight is 395 g/mol. The molecule has 0 aliphatic rings. The molecule has 0 atom stereocenters. The van der Waals surface area contributed by atoms with Crippen LogP contribution >= 0.6 is 0 Å². The highest BCUT2D eigenvalue weighted by Crippen LogP contribution is 2.34. The Morgan fingerprint density at radius 2 is 1.87 bits per heavy atom. The molecule has 0 amide bonds. The summed E-state index contributed by atoms with van der Waals surface area (Å²) >= 11 is 0. The molecule has 1 N–H and O–H groups in total. The van der Waals surface area contributed by atoms with E-state index in [1.165, 1.54) is 6.07 Å². The fourth-order valence-corrected chi connectivity index (χ4v) is 3.25. The molecule has 0 radical (unpaired) electrons. The number of anilines is 2. The molecule has 0 aliphatic carbocycles. The largest absolute Gasteiger partial charge is 0.339 e. The van der Waals surface area contributed by atoms with Gasteiger partial charge in [-0.15, -0.1) is 0 Å². The van der Waals surface area contributed by atoms with Crippen LogP contribution in [-0.2, 0) is 0 Å².